The van der Waals surface area contributed by atoms with Crippen LogP contribution < -0.4 is 14.4 Å². The molecule has 0 fully saturated rings. The van der Waals surface area contributed by atoms with Crippen molar-refractivity contribution in [1.82, 2.24) is 4.90 Å². The van der Waals surface area contributed by atoms with Gasteiger partial charge in [0.25, 0.3) is 0 Å². The molecule has 0 radical (unpaired) electrons. The summed E-state index contributed by atoms with van der Waals surface area (Å²) in [4.78, 5) is 17.8. The Morgan fingerprint density at radius 3 is 2.51 bits per heavy atom. The first-order chi connectivity index (χ1) is 17.9. The molecule has 3 aromatic rings. The molecule has 0 amide bonds. The van der Waals surface area contributed by atoms with Crippen LogP contribution in [0.25, 0.3) is 6.08 Å². The van der Waals surface area contributed by atoms with Crippen molar-refractivity contribution in [3.8, 4) is 11.5 Å². The van der Waals surface area contributed by atoms with Gasteiger partial charge in [-0.05, 0) is 80.3 Å². The standard InChI is InChI=1S/C30H30Cl2N2O3/c1-4-34(5-2)23-10-6-20(7-11-23)15-27-29(35)28-19(3)14-26-24(30(28)37-27)17-33(18-36-26)13-12-21-8-9-22(31)16-25(21)32/h6-11,14-16H,4-5,12-13,17-18H2,1-3H3/b27-15+. The van der Waals surface area contributed by atoms with E-state index >= 15 is 0 Å². The first-order valence-electron chi connectivity index (χ1n) is 12.6. The number of rotatable bonds is 7. The predicted molar refractivity (Wildman–Crippen MR) is 150 cm³/mol. The highest BCUT2D eigenvalue weighted by atomic mass is 35.5. The van der Waals surface area contributed by atoms with Crippen LogP contribution in [0.4, 0.5) is 5.69 Å². The first-order valence-corrected chi connectivity index (χ1v) is 13.4. The zero-order chi connectivity index (χ0) is 26.1. The van der Waals surface area contributed by atoms with Crippen LogP contribution in [0.1, 0.15) is 46.5 Å². The van der Waals surface area contributed by atoms with Gasteiger partial charge < -0.3 is 14.4 Å². The van der Waals surface area contributed by atoms with Crippen molar-refractivity contribution in [1.29, 1.82) is 0 Å². The van der Waals surface area contributed by atoms with Crippen LogP contribution in [-0.4, -0.2) is 37.0 Å². The second-order valence-corrected chi connectivity index (χ2v) is 10.2. The highest BCUT2D eigenvalue weighted by molar-refractivity contribution is 6.35. The molecule has 0 N–H and O–H groups in total. The number of benzene rings is 3. The summed E-state index contributed by atoms with van der Waals surface area (Å²) < 4.78 is 12.3. The zero-order valence-electron chi connectivity index (χ0n) is 21.3. The summed E-state index contributed by atoms with van der Waals surface area (Å²) in [6, 6.07) is 15.7. The van der Waals surface area contributed by atoms with E-state index in [9.17, 15) is 4.79 Å². The van der Waals surface area contributed by atoms with Crippen LogP contribution in [0.3, 0.4) is 0 Å². The van der Waals surface area contributed by atoms with Crippen LogP contribution in [-0.2, 0) is 13.0 Å². The van der Waals surface area contributed by atoms with Crippen molar-refractivity contribution in [2.24, 2.45) is 0 Å². The van der Waals surface area contributed by atoms with E-state index in [0.29, 0.717) is 40.4 Å². The van der Waals surface area contributed by atoms with Crippen molar-refractivity contribution in [3.63, 3.8) is 0 Å². The Balaban J connectivity index is 1.36. The number of carbonyl (C=O) groups excluding carboxylic acids is 1. The molecule has 0 spiro atoms. The van der Waals surface area contributed by atoms with Gasteiger partial charge in [-0.2, -0.15) is 0 Å². The van der Waals surface area contributed by atoms with E-state index in [2.05, 4.69) is 35.8 Å². The molecule has 2 aliphatic rings. The van der Waals surface area contributed by atoms with Crippen molar-refractivity contribution in [3.05, 3.63) is 92.2 Å². The van der Waals surface area contributed by atoms with E-state index in [4.69, 9.17) is 32.7 Å². The Labute approximate surface area is 228 Å². The molecule has 0 aromatic heterocycles. The monoisotopic (exact) mass is 536 g/mol. The molecule has 3 aromatic carbocycles. The van der Waals surface area contributed by atoms with E-state index < -0.39 is 0 Å². The minimum atomic E-state index is -0.0896. The number of hydrogen-bond donors (Lipinski definition) is 0. The Hall–Kier alpha value is -2.99. The molecule has 37 heavy (non-hydrogen) atoms. The molecule has 0 bridgehead atoms. The molecule has 0 aliphatic carbocycles. The largest absolute Gasteiger partial charge is 0.478 e. The third-order valence-electron chi connectivity index (χ3n) is 7.02. The Morgan fingerprint density at radius 1 is 1.05 bits per heavy atom. The molecular formula is C30H30Cl2N2O3. The van der Waals surface area contributed by atoms with Crippen molar-refractivity contribution in [2.75, 3.05) is 31.3 Å². The summed E-state index contributed by atoms with van der Waals surface area (Å²) in [6.45, 7) is 9.95. The van der Waals surface area contributed by atoms with Gasteiger partial charge in [0.1, 0.15) is 18.2 Å². The lowest BCUT2D eigenvalue weighted by atomic mass is 9.98. The number of anilines is 1. The lowest BCUT2D eigenvalue weighted by Gasteiger charge is -2.30. The SMILES string of the molecule is CCN(CC)c1ccc(/C=C2/Oc3c4c(cc(C)c3C2=O)OCN(CCc2ccc(Cl)cc2Cl)C4)cc1. The average Bonchev–Trinajstić information content (AvgIpc) is 3.22. The fourth-order valence-corrected chi connectivity index (χ4v) is 5.45. The number of allylic oxidation sites excluding steroid dienone is 1. The lowest BCUT2D eigenvalue weighted by Crippen LogP contribution is -2.34. The Kier molecular flexibility index (Phi) is 7.47. The second kappa shape index (κ2) is 10.8. The number of hydrogen-bond acceptors (Lipinski definition) is 5. The van der Waals surface area contributed by atoms with E-state index in [0.717, 1.165) is 59.7 Å². The number of aryl methyl sites for hydroxylation is 1. The molecule has 0 saturated carbocycles. The highest BCUT2D eigenvalue weighted by Crippen LogP contribution is 2.44. The van der Waals surface area contributed by atoms with Gasteiger partial charge in [0.05, 0.1) is 11.1 Å². The molecule has 7 heteroatoms. The van der Waals surface area contributed by atoms with Crippen LogP contribution in [0, 0.1) is 6.92 Å². The van der Waals surface area contributed by atoms with Crippen LogP contribution >= 0.6 is 23.2 Å². The second-order valence-electron chi connectivity index (χ2n) is 9.39. The molecular weight excluding hydrogens is 507 g/mol. The van der Waals surface area contributed by atoms with Crippen LogP contribution in [0.15, 0.2) is 54.3 Å². The zero-order valence-corrected chi connectivity index (χ0v) is 22.8. The molecule has 192 valence electrons. The Bertz CT molecular complexity index is 1360. The number of fused-ring (bicyclic) bond motifs is 3. The van der Waals surface area contributed by atoms with Gasteiger partial charge in [-0.25, -0.2) is 0 Å². The summed E-state index contributed by atoms with van der Waals surface area (Å²) in [7, 11) is 0. The quantitative estimate of drug-likeness (QED) is 0.299. The van der Waals surface area contributed by atoms with Gasteiger partial charge in [-0.15, -0.1) is 0 Å². The molecule has 0 atom stereocenters. The van der Waals surface area contributed by atoms with Gasteiger partial charge in [0, 0.05) is 41.9 Å². The lowest BCUT2D eigenvalue weighted by molar-refractivity contribution is 0.0949. The highest BCUT2D eigenvalue weighted by Gasteiger charge is 2.35. The van der Waals surface area contributed by atoms with Crippen molar-refractivity contribution >= 4 is 40.7 Å². The third-order valence-corrected chi connectivity index (χ3v) is 7.61. The molecule has 2 aliphatic heterocycles. The topological polar surface area (TPSA) is 42.0 Å². The smallest absolute Gasteiger partial charge is 0.232 e. The maximum Gasteiger partial charge on any atom is 0.232 e. The number of carbonyl (C=O) groups is 1. The number of Topliss-reactive ketones (excluding diaryl/α,β-unsaturated/α-hetero) is 1. The molecule has 5 nitrogen and oxygen atoms in total. The van der Waals surface area contributed by atoms with Crippen molar-refractivity contribution < 1.29 is 14.3 Å². The fourth-order valence-electron chi connectivity index (χ4n) is 4.94. The van der Waals surface area contributed by atoms with Gasteiger partial charge in [0.15, 0.2) is 5.76 Å². The molecule has 0 saturated heterocycles. The van der Waals surface area contributed by atoms with Crippen LogP contribution in [0.2, 0.25) is 10.0 Å². The van der Waals surface area contributed by atoms with E-state index in [-0.39, 0.29) is 5.78 Å². The summed E-state index contributed by atoms with van der Waals surface area (Å²) >= 11 is 12.4. The number of ketones is 1. The minimum absolute atomic E-state index is 0.0896. The molecule has 0 unspecified atom stereocenters. The molecule has 5 rings (SSSR count). The number of ether oxygens (including phenoxy) is 2. The summed E-state index contributed by atoms with van der Waals surface area (Å²) in [6.07, 6.45) is 2.58. The Morgan fingerprint density at radius 2 is 1.81 bits per heavy atom. The first kappa shape index (κ1) is 25.7. The van der Waals surface area contributed by atoms with Gasteiger partial charge in [0.2, 0.25) is 5.78 Å². The van der Waals surface area contributed by atoms with E-state index in [1.54, 1.807) is 6.07 Å². The minimum Gasteiger partial charge on any atom is -0.478 e. The fraction of sp³-hybridized carbons (Fsp3) is 0.300. The van der Waals surface area contributed by atoms with Gasteiger partial charge >= 0.3 is 0 Å². The third kappa shape index (κ3) is 5.22. The van der Waals surface area contributed by atoms with E-state index in [1.165, 1.54) is 0 Å². The van der Waals surface area contributed by atoms with E-state index in [1.807, 2.05) is 43.3 Å². The maximum atomic E-state index is 13.4. The maximum absolute atomic E-state index is 13.4. The summed E-state index contributed by atoms with van der Waals surface area (Å²) in [5, 5.41) is 1.29. The van der Waals surface area contributed by atoms with Crippen LogP contribution in [0.5, 0.6) is 11.5 Å². The van der Waals surface area contributed by atoms with Gasteiger partial charge in [-0.3, -0.25) is 9.69 Å². The number of halogens is 2. The summed E-state index contributed by atoms with van der Waals surface area (Å²) in [5.74, 6) is 1.63. The summed E-state index contributed by atoms with van der Waals surface area (Å²) in [5.41, 5.74) is 5.51. The predicted octanol–water partition coefficient (Wildman–Crippen LogP) is 7.16. The molecule has 2 heterocycles. The average molecular weight is 537 g/mol. The normalized spacial score (nSPS) is 15.8. The number of nitrogens with zero attached hydrogens (tertiary/aromatic N) is 2. The van der Waals surface area contributed by atoms with Gasteiger partial charge in [-0.1, -0.05) is 41.4 Å². The van der Waals surface area contributed by atoms with Crippen molar-refractivity contribution in [2.45, 2.75) is 33.7 Å².